The van der Waals surface area contributed by atoms with Gasteiger partial charge < -0.3 is 21.0 Å². The quantitative estimate of drug-likeness (QED) is 0.147. The average molecular weight is 600 g/mol. The number of nitrogens with zero attached hydrogens (tertiary/aromatic N) is 4. The number of fused-ring (bicyclic) bond motifs is 1. The maximum absolute atomic E-state index is 13.4. The molecule has 0 unspecified atom stereocenters. The number of thiazole rings is 1. The van der Waals surface area contributed by atoms with Crippen LogP contribution in [0.25, 0.3) is 0 Å². The molecule has 40 heavy (non-hydrogen) atoms. The van der Waals surface area contributed by atoms with E-state index in [9.17, 15) is 19.5 Å². The summed E-state index contributed by atoms with van der Waals surface area (Å²) >= 11 is 8.61. The van der Waals surface area contributed by atoms with Crippen molar-refractivity contribution in [2.24, 2.45) is 5.16 Å². The van der Waals surface area contributed by atoms with Crippen molar-refractivity contribution in [3.05, 3.63) is 87.3 Å². The van der Waals surface area contributed by atoms with E-state index in [0.29, 0.717) is 17.9 Å². The number of nitrogens with two attached hydrogens (primary N) is 1. The van der Waals surface area contributed by atoms with Gasteiger partial charge in [0.2, 0.25) is 0 Å². The van der Waals surface area contributed by atoms with Crippen LogP contribution in [0.3, 0.4) is 0 Å². The smallest absolute Gasteiger partial charge is 0.352 e. The van der Waals surface area contributed by atoms with Gasteiger partial charge in [-0.3, -0.25) is 14.5 Å². The van der Waals surface area contributed by atoms with Crippen molar-refractivity contribution >= 4 is 63.3 Å². The zero-order chi connectivity index (χ0) is 28.4. The Morgan fingerprint density at radius 3 is 2.65 bits per heavy atom. The number of hydrogen-bond acceptors (Lipinski definition) is 9. The number of nitrogen functional groups attached to an aromatic ring is 1. The number of aliphatic carboxylic acids is 1. The molecule has 0 aliphatic carbocycles. The topological polar surface area (TPSA) is 151 Å². The Kier molecular flexibility index (Phi) is 8.05. The Hall–Kier alpha value is -3.94. The summed E-state index contributed by atoms with van der Waals surface area (Å²) in [6, 6.07) is 12.2. The molecule has 2 aromatic heterocycles. The minimum atomic E-state index is -1.20. The number of oxime groups is 1. The molecule has 0 bridgehead atoms. The van der Waals surface area contributed by atoms with Crippen LogP contribution in [0.1, 0.15) is 16.8 Å². The minimum absolute atomic E-state index is 0.0267. The molecule has 3 aromatic rings. The fraction of sp³-hybridized carbons (Fsp3) is 0.231. The molecule has 1 fully saturated rings. The molecular formula is C26H24ClN6O5S2+. The van der Waals surface area contributed by atoms with E-state index in [1.807, 2.05) is 66.3 Å². The van der Waals surface area contributed by atoms with Crippen molar-refractivity contribution in [3.8, 4) is 0 Å². The number of carbonyl (C=O) groups is 3. The number of carbonyl (C=O) groups excluding carboxylic acids is 2. The molecule has 5 rings (SSSR count). The molecule has 14 heteroatoms. The van der Waals surface area contributed by atoms with Gasteiger partial charge in [-0.05, 0) is 12.5 Å². The second-order valence-corrected chi connectivity index (χ2v) is 11.8. The predicted molar refractivity (Wildman–Crippen MR) is 150 cm³/mol. The van der Waals surface area contributed by atoms with Crippen LogP contribution in [0.4, 0.5) is 5.13 Å². The molecular weight excluding hydrogens is 576 g/mol. The monoisotopic (exact) mass is 599 g/mol. The van der Waals surface area contributed by atoms with E-state index in [2.05, 4.69) is 15.5 Å². The summed E-state index contributed by atoms with van der Waals surface area (Å²) in [5, 5.41) is 16.1. The van der Waals surface area contributed by atoms with Crippen molar-refractivity contribution < 1.29 is 28.9 Å². The van der Waals surface area contributed by atoms with E-state index in [-0.39, 0.29) is 33.2 Å². The van der Waals surface area contributed by atoms with Crippen LogP contribution in [0.2, 0.25) is 4.34 Å². The third kappa shape index (κ3) is 5.67. The summed E-state index contributed by atoms with van der Waals surface area (Å²) in [4.78, 5) is 49.5. The molecule has 206 valence electrons. The van der Waals surface area contributed by atoms with E-state index in [0.717, 1.165) is 22.5 Å². The lowest BCUT2D eigenvalue weighted by Gasteiger charge is -2.49. The van der Waals surface area contributed by atoms with Crippen LogP contribution in [0.5, 0.6) is 0 Å². The number of rotatable bonds is 9. The Bertz CT molecular complexity index is 1530. The van der Waals surface area contributed by atoms with Crippen molar-refractivity contribution in [1.82, 2.24) is 15.2 Å². The number of carboxylic acids is 1. The highest BCUT2D eigenvalue weighted by Crippen LogP contribution is 2.40. The van der Waals surface area contributed by atoms with E-state index in [1.54, 1.807) is 0 Å². The molecule has 1 saturated heterocycles. The maximum atomic E-state index is 13.4. The fourth-order valence-corrected chi connectivity index (χ4v) is 6.55. The lowest BCUT2D eigenvalue weighted by atomic mass is 10.0. The molecule has 2 aliphatic heterocycles. The lowest BCUT2D eigenvalue weighted by Crippen LogP contribution is -2.71. The van der Waals surface area contributed by atoms with Gasteiger partial charge in [-0.25, -0.2) is 14.3 Å². The van der Waals surface area contributed by atoms with Crippen molar-refractivity contribution in [1.29, 1.82) is 0 Å². The predicted octanol–water partition coefficient (Wildman–Crippen LogP) is 2.33. The first-order valence-corrected chi connectivity index (χ1v) is 14.3. The number of hydrogen-bond donors (Lipinski definition) is 3. The highest BCUT2D eigenvalue weighted by Gasteiger charge is 2.54. The fourth-order valence-electron chi connectivity index (χ4n) is 4.29. The molecule has 2 amide bonds. The van der Waals surface area contributed by atoms with Gasteiger partial charge in [0.1, 0.15) is 33.7 Å². The molecule has 2 atom stereocenters. The Labute approximate surface area is 242 Å². The van der Waals surface area contributed by atoms with E-state index < -0.39 is 29.2 Å². The minimum Gasteiger partial charge on any atom is -0.477 e. The second kappa shape index (κ2) is 11.7. The van der Waals surface area contributed by atoms with Crippen LogP contribution in [0.15, 0.2) is 71.3 Å². The van der Waals surface area contributed by atoms with Crippen molar-refractivity contribution in [3.63, 3.8) is 0 Å². The molecule has 1 aromatic carbocycles. The van der Waals surface area contributed by atoms with E-state index in [1.165, 1.54) is 16.7 Å². The number of thioether (sulfide) groups is 1. The zero-order valence-corrected chi connectivity index (χ0v) is 23.5. The van der Waals surface area contributed by atoms with E-state index in [4.69, 9.17) is 22.2 Å². The molecule has 0 radical (unpaired) electrons. The molecule has 4 heterocycles. The highest BCUT2D eigenvalue weighted by molar-refractivity contribution is 8.00. The number of amides is 2. The first-order chi connectivity index (χ1) is 19.2. The van der Waals surface area contributed by atoms with Gasteiger partial charge in [0, 0.05) is 23.5 Å². The number of aromatic nitrogens is 2. The number of carboxylic acid groups (broad SMARTS) is 1. The van der Waals surface area contributed by atoms with Gasteiger partial charge in [0.25, 0.3) is 11.8 Å². The van der Waals surface area contributed by atoms with Gasteiger partial charge in [0.05, 0.1) is 0 Å². The number of β-lactam (4-membered cyclic amide) rings is 1. The van der Waals surface area contributed by atoms with Crippen molar-refractivity contribution in [2.45, 2.75) is 31.5 Å². The van der Waals surface area contributed by atoms with E-state index >= 15 is 0 Å². The number of benzene rings is 1. The molecule has 0 saturated carbocycles. The van der Waals surface area contributed by atoms with Crippen LogP contribution in [-0.2, 0) is 32.4 Å². The summed E-state index contributed by atoms with van der Waals surface area (Å²) in [6.07, 6.45) is 3.64. The van der Waals surface area contributed by atoms with Gasteiger partial charge in [-0.1, -0.05) is 64.0 Å². The number of halogens is 1. The van der Waals surface area contributed by atoms with Gasteiger partial charge in [-0.2, -0.15) is 0 Å². The normalized spacial score (nSPS) is 18.7. The summed E-state index contributed by atoms with van der Waals surface area (Å²) in [6.45, 7) is 2.37. The second-order valence-electron chi connectivity index (χ2n) is 9.04. The maximum Gasteiger partial charge on any atom is 0.352 e. The Morgan fingerprint density at radius 1 is 1.27 bits per heavy atom. The molecule has 2 aliphatic rings. The summed E-state index contributed by atoms with van der Waals surface area (Å²) in [7, 11) is 0. The van der Waals surface area contributed by atoms with Gasteiger partial charge in [0.15, 0.2) is 29.8 Å². The van der Waals surface area contributed by atoms with Crippen LogP contribution in [-0.4, -0.2) is 55.7 Å². The number of anilines is 1. The highest BCUT2D eigenvalue weighted by atomic mass is 35.5. The molecule has 4 N–H and O–H groups in total. The zero-order valence-electron chi connectivity index (χ0n) is 21.1. The summed E-state index contributed by atoms with van der Waals surface area (Å²) < 4.78 is 1.98. The molecule has 0 spiro atoms. The number of nitrogens with one attached hydrogen (secondary N) is 1. The number of aryl methyl sites for hydroxylation is 1. The number of pyridine rings is 1. The Balaban J connectivity index is 1.34. The first-order valence-electron chi connectivity index (χ1n) is 12.1. The SMILES string of the molecule is Cc1ccc(CO/N=C(\C(=O)N[C@@H]2C(=O)N3C(C(=O)O)=C(C[n+]4ccccc4)CS[C@H]23)c2nc(N)sc2Cl)cc1. The summed E-state index contributed by atoms with van der Waals surface area (Å²) in [5.74, 6) is -2.12. The third-order valence-electron chi connectivity index (χ3n) is 6.24. The Morgan fingerprint density at radius 2 is 2.00 bits per heavy atom. The standard InChI is InChI=1S/C26H23ClN6O5S2/c1-14-5-7-15(8-6-14)12-38-31-18(17-21(27)40-26(28)30-17)22(34)29-19-23(35)33-20(25(36)37)16(13-39-24(19)33)11-32-9-3-2-4-10-32/h2-10,19,24H,11-13H2,1H3,(H3-,28,29,30,34,36,37)/p+1/b31-18-/t19-,24-/m1/s1. The van der Waals surface area contributed by atoms with Crippen LogP contribution >= 0.6 is 34.7 Å². The lowest BCUT2D eigenvalue weighted by molar-refractivity contribution is -0.689. The van der Waals surface area contributed by atoms with Crippen LogP contribution in [0, 0.1) is 6.92 Å². The van der Waals surface area contributed by atoms with Crippen molar-refractivity contribution in [2.75, 3.05) is 11.5 Å². The van der Waals surface area contributed by atoms with Crippen LogP contribution < -0.4 is 15.6 Å². The van der Waals surface area contributed by atoms with Gasteiger partial charge in [-0.15, -0.1) is 11.8 Å². The average Bonchev–Trinajstić information content (AvgIpc) is 3.27. The summed E-state index contributed by atoms with van der Waals surface area (Å²) in [5.41, 5.74) is 8.01. The van der Waals surface area contributed by atoms with Gasteiger partial charge >= 0.3 is 5.97 Å². The third-order valence-corrected chi connectivity index (χ3v) is 8.66. The molecule has 11 nitrogen and oxygen atoms in total. The largest absolute Gasteiger partial charge is 0.477 e. The first kappa shape index (κ1) is 27.6.